The SMILES string of the molecule is C=C1c2cc3c(cc2C[C@@H]2N1C(=O)[C@H](C)N1C(=O)c4ccccc4[C@@]21O)OCCCO3. The first-order valence-corrected chi connectivity index (χ1v) is 10.5. The lowest BCUT2D eigenvalue weighted by Gasteiger charge is -2.54. The van der Waals surface area contributed by atoms with E-state index in [1.54, 1.807) is 36.1 Å². The van der Waals surface area contributed by atoms with Gasteiger partial charge in [-0.1, -0.05) is 24.8 Å². The van der Waals surface area contributed by atoms with E-state index in [9.17, 15) is 14.7 Å². The molecule has 0 radical (unpaired) electrons. The Kier molecular flexibility index (Phi) is 3.63. The molecule has 4 heterocycles. The highest BCUT2D eigenvalue weighted by Crippen LogP contribution is 2.51. The summed E-state index contributed by atoms with van der Waals surface area (Å²) >= 11 is 0. The summed E-state index contributed by atoms with van der Waals surface area (Å²) in [5, 5.41) is 12.1. The van der Waals surface area contributed by atoms with Gasteiger partial charge in [-0.25, -0.2) is 0 Å². The molecular weight excluding hydrogens is 396 g/mol. The van der Waals surface area contributed by atoms with Crippen molar-refractivity contribution >= 4 is 17.5 Å². The Bertz CT molecular complexity index is 1170. The Morgan fingerprint density at radius 3 is 2.58 bits per heavy atom. The van der Waals surface area contributed by atoms with Crippen LogP contribution < -0.4 is 9.47 Å². The minimum atomic E-state index is -1.63. The lowest BCUT2D eigenvalue weighted by molar-refractivity contribution is -0.189. The van der Waals surface area contributed by atoms with Crippen LogP contribution in [-0.4, -0.2) is 52.0 Å². The summed E-state index contributed by atoms with van der Waals surface area (Å²) in [6, 6.07) is 9.31. The van der Waals surface area contributed by atoms with Crippen molar-refractivity contribution in [3.05, 3.63) is 65.2 Å². The quantitative estimate of drug-likeness (QED) is 0.710. The molecule has 158 valence electrons. The number of ether oxygens (including phenoxy) is 2. The standard InChI is InChI=1S/C24H22N2O5/c1-13-17-12-20-19(30-8-5-9-31-20)10-15(17)11-21-24(29)18-7-4-3-6-16(18)23(28)26(24)14(2)22(27)25(13)21/h3-4,6-7,10,12,14,21,29H,1,5,8-9,11H2,2H3/t14-,21-,24+/m0/s1. The van der Waals surface area contributed by atoms with E-state index in [0.717, 1.165) is 17.5 Å². The maximum atomic E-state index is 13.4. The molecule has 31 heavy (non-hydrogen) atoms. The van der Waals surface area contributed by atoms with Crippen molar-refractivity contribution in [2.45, 2.75) is 37.6 Å². The van der Waals surface area contributed by atoms with Gasteiger partial charge in [0.2, 0.25) is 5.91 Å². The summed E-state index contributed by atoms with van der Waals surface area (Å²) < 4.78 is 11.7. The first-order chi connectivity index (χ1) is 14.9. The minimum Gasteiger partial charge on any atom is -0.490 e. The monoisotopic (exact) mass is 418 g/mol. The van der Waals surface area contributed by atoms with E-state index in [0.29, 0.717) is 48.0 Å². The Labute approximate surface area is 179 Å². The van der Waals surface area contributed by atoms with Crippen LogP contribution in [0.25, 0.3) is 5.70 Å². The van der Waals surface area contributed by atoms with Gasteiger partial charge in [0.25, 0.3) is 5.91 Å². The molecule has 0 unspecified atom stereocenters. The molecule has 2 aromatic carbocycles. The van der Waals surface area contributed by atoms with Gasteiger partial charge >= 0.3 is 0 Å². The van der Waals surface area contributed by atoms with Crippen molar-refractivity contribution in [2.75, 3.05) is 13.2 Å². The molecule has 4 aliphatic rings. The first-order valence-electron chi connectivity index (χ1n) is 10.5. The topological polar surface area (TPSA) is 79.3 Å². The van der Waals surface area contributed by atoms with Gasteiger partial charge in [0.15, 0.2) is 17.2 Å². The Morgan fingerprint density at radius 1 is 1.10 bits per heavy atom. The second kappa shape index (κ2) is 6.11. The maximum absolute atomic E-state index is 13.4. The number of hydrogen-bond donors (Lipinski definition) is 1. The number of piperazine rings is 1. The predicted molar refractivity (Wildman–Crippen MR) is 111 cm³/mol. The minimum absolute atomic E-state index is 0.251. The second-order valence-electron chi connectivity index (χ2n) is 8.50. The molecule has 0 bridgehead atoms. The van der Waals surface area contributed by atoms with Crippen LogP contribution >= 0.6 is 0 Å². The van der Waals surface area contributed by atoms with Gasteiger partial charge in [-0.15, -0.1) is 0 Å². The molecule has 1 saturated heterocycles. The molecule has 2 aromatic rings. The fourth-order valence-electron chi connectivity index (χ4n) is 5.44. The molecule has 1 N–H and O–H groups in total. The molecule has 0 saturated carbocycles. The van der Waals surface area contributed by atoms with Gasteiger partial charge in [-0.05, 0) is 37.1 Å². The number of fused-ring (bicyclic) bond motifs is 7. The van der Waals surface area contributed by atoms with E-state index < -0.39 is 17.8 Å². The maximum Gasteiger partial charge on any atom is 0.257 e. The van der Waals surface area contributed by atoms with Gasteiger partial charge in [0.1, 0.15) is 6.04 Å². The van der Waals surface area contributed by atoms with E-state index >= 15 is 0 Å². The van der Waals surface area contributed by atoms with Crippen molar-refractivity contribution in [3.63, 3.8) is 0 Å². The van der Waals surface area contributed by atoms with E-state index in [2.05, 4.69) is 6.58 Å². The Morgan fingerprint density at radius 2 is 1.81 bits per heavy atom. The highest BCUT2D eigenvalue weighted by Gasteiger charge is 2.63. The third-order valence-electron chi connectivity index (χ3n) is 6.89. The van der Waals surface area contributed by atoms with Crippen LogP contribution in [0, 0.1) is 0 Å². The van der Waals surface area contributed by atoms with E-state index in [-0.39, 0.29) is 11.8 Å². The van der Waals surface area contributed by atoms with E-state index in [1.165, 1.54) is 4.90 Å². The highest BCUT2D eigenvalue weighted by atomic mass is 16.5. The lowest BCUT2D eigenvalue weighted by atomic mass is 9.80. The largest absolute Gasteiger partial charge is 0.490 e. The number of benzene rings is 2. The van der Waals surface area contributed by atoms with Crippen LogP contribution in [0.3, 0.4) is 0 Å². The van der Waals surface area contributed by atoms with Crippen LogP contribution in [0.2, 0.25) is 0 Å². The molecule has 1 fully saturated rings. The summed E-state index contributed by atoms with van der Waals surface area (Å²) in [5.41, 5.74) is 1.54. The molecule has 3 atom stereocenters. The summed E-state index contributed by atoms with van der Waals surface area (Å²) in [6.45, 7) is 7.00. The fraction of sp³-hybridized carbons (Fsp3) is 0.333. The molecule has 6 rings (SSSR count). The van der Waals surface area contributed by atoms with Crippen LogP contribution in [0.1, 0.15) is 40.4 Å². The molecule has 7 heteroatoms. The number of aliphatic hydroxyl groups is 1. The van der Waals surface area contributed by atoms with E-state index in [4.69, 9.17) is 9.47 Å². The van der Waals surface area contributed by atoms with Crippen LogP contribution in [0.5, 0.6) is 11.5 Å². The van der Waals surface area contributed by atoms with Crippen molar-refractivity contribution in [1.29, 1.82) is 0 Å². The summed E-state index contributed by atoms with van der Waals surface area (Å²) in [5.74, 6) is 0.710. The van der Waals surface area contributed by atoms with Gasteiger partial charge < -0.3 is 19.5 Å². The summed E-state index contributed by atoms with van der Waals surface area (Å²) in [4.78, 5) is 29.5. The van der Waals surface area contributed by atoms with Crippen molar-refractivity contribution in [3.8, 4) is 11.5 Å². The molecule has 4 aliphatic heterocycles. The van der Waals surface area contributed by atoms with Gasteiger partial charge in [-0.2, -0.15) is 0 Å². The number of nitrogens with zero attached hydrogens (tertiary/aromatic N) is 2. The molecule has 0 aromatic heterocycles. The van der Waals surface area contributed by atoms with Crippen LogP contribution in [0.4, 0.5) is 0 Å². The number of rotatable bonds is 0. The van der Waals surface area contributed by atoms with Crippen molar-refractivity contribution < 1.29 is 24.2 Å². The zero-order chi connectivity index (χ0) is 21.5. The fourth-order valence-corrected chi connectivity index (χ4v) is 5.44. The summed E-state index contributed by atoms with van der Waals surface area (Å²) in [6.07, 6.45) is 1.15. The van der Waals surface area contributed by atoms with Gasteiger partial charge in [0.05, 0.1) is 19.3 Å². The zero-order valence-corrected chi connectivity index (χ0v) is 17.1. The molecular formula is C24H22N2O5. The molecule has 7 nitrogen and oxygen atoms in total. The Hall–Kier alpha value is -3.32. The van der Waals surface area contributed by atoms with Gasteiger partial charge in [0, 0.05) is 28.8 Å². The third kappa shape index (κ3) is 2.21. The number of amides is 2. The smallest absolute Gasteiger partial charge is 0.257 e. The average molecular weight is 418 g/mol. The third-order valence-corrected chi connectivity index (χ3v) is 6.89. The normalized spacial score (nSPS) is 28.5. The van der Waals surface area contributed by atoms with Crippen molar-refractivity contribution in [1.82, 2.24) is 9.80 Å². The number of hydrogen-bond acceptors (Lipinski definition) is 5. The highest BCUT2D eigenvalue weighted by molar-refractivity contribution is 6.05. The number of carbonyl (C=O) groups is 2. The van der Waals surface area contributed by atoms with Gasteiger partial charge in [-0.3, -0.25) is 14.5 Å². The van der Waals surface area contributed by atoms with Crippen LogP contribution in [0.15, 0.2) is 43.0 Å². The first kappa shape index (κ1) is 18.4. The Balaban J connectivity index is 1.54. The van der Waals surface area contributed by atoms with Crippen molar-refractivity contribution in [2.24, 2.45) is 0 Å². The van der Waals surface area contributed by atoms with Crippen LogP contribution in [-0.2, 0) is 16.9 Å². The lowest BCUT2D eigenvalue weighted by Crippen LogP contribution is -2.70. The predicted octanol–water partition coefficient (Wildman–Crippen LogP) is 2.28. The molecule has 2 amide bonds. The molecule has 0 aliphatic carbocycles. The van der Waals surface area contributed by atoms with E-state index in [1.807, 2.05) is 12.1 Å². The average Bonchev–Trinajstić information content (AvgIpc) is 2.89. The zero-order valence-electron chi connectivity index (χ0n) is 17.1. The summed E-state index contributed by atoms with van der Waals surface area (Å²) in [7, 11) is 0. The molecule has 0 spiro atoms. The number of carbonyl (C=O) groups excluding carboxylic acids is 2. The second-order valence-corrected chi connectivity index (χ2v) is 8.50.